The summed E-state index contributed by atoms with van der Waals surface area (Å²) in [5, 5.41) is 0. The fourth-order valence-electron chi connectivity index (χ4n) is 3.52. The first kappa shape index (κ1) is 17.0. The predicted molar refractivity (Wildman–Crippen MR) is 107 cm³/mol. The molecule has 132 valence electrons. The summed E-state index contributed by atoms with van der Waals surface area (Å²) in [6, 6.07) is 23.1. The number of carbonyl (C=O) groups excluding carboxylic acids is 2. The van der Waals surface area contributed by atoms with Crippen LogP contribution in [0.25, 0.3) is 16.6 Å². The number of benzene rings is 2. The van der Waals surface area contributed by atoms with Gasteiger partial charge in [-0.05, 0) is 24.6 Å². The zero-order valence-electron chi connectivity index (χ0n) is 15.1. The molecule has 0 saturated carbocycles. The molecular formula is C24H19NO2. The second kappa shape index (κ2) is 7.04. The molecule has 3 heteroatoms. The highest BCUT2D eigenvalue weighted by atomic mass is 16.1. The van der Waals surface area contributed by atoms with Crippen molar-refractivity contribution in [1.82, 2.24) is 4.40 Å². The van der Waals surface area contributed by atoms with Crippen molar-refractivity contribution in [2.24, 2.45) is 0 Å². The maximum Gasteiger partial charge on any atom is 0.168 e. The Bertz CT molecular complexity index is 1120. The van der Waals surface area contributed by atoms with Gasteiger partial charge in [-0.25, -0.2) is 0 Å². The summed E-state index contributed by atoms with van der Waals surface area (Å²) in [6.07, 6.45) is 3.02. The smallest absolute Gasteiger partial charge is 0.168 e. The van der Waals surface area contributed by atoms with Gasteiger partial charge in [-0.15, -0.1) is 0 Å². The molecule has 0 N–H and O–H groups in total. The lowest BCUT2D eigenvalue weighted by Crippen LogP contribution is -2.07. The molecule has 27 heavy (non-hydrogen) atoms. The van der Waals surface area contributed by atoms with Crippen LogP contribution in [-0.2, 0) is 6.42 Å². The minimum Gasteiger partial charge on any atom is -0.319 e. The predicted octanol–water partition coefficient (Wildman–Crippen LogP) is 5.15. The summed E-state index contributed by atoms with van der Waals surface area (Å²) < 4.78 is 1.96. The van der Waals surface area contributed by atoms with Crippen LogP contribution in [0.3, 0.4) is 0 Å². The van der Waals surface area contributed by atoms with E-state index < -0.39 is 0 Å². The number of nitrogens with zero attached hydrogens (tertiary/aromatic N) is 1. The lowest BCUT2D eigenvalue weighted by Gasteiger charge is -2.08. The molecule has 4 aromatic rings. The number of Topliss-reactive ketones (excluding diaryl/α,β-unsaturated/α-hetero) is 1. The van der Waals surface area contributed by atoms with Crippen LogP contribution in [0.1, 0.15) is 32.0 Å². The molecular weight excluding hydrogens is 334 g/mol. The van der Waals surface area contributed by atoms with E-state index in [4.69, 9.17) is 0 Å². The summed E-state index contributed by atoms with van der Waals surface area (Å²) in [5.74, 6) is 0.0351. The van der Waals surface area contributed by atoms with Crippen LogP contribution in [0.4, 0.5) is 0 Å². The van der Waals surface area contributed by atoms with Gasteiger partial charge in [-0.1, -0.05) is 66.2 Å². The fourth-order valence-corrected chi connectivity index (χ4v) is 3.52. The van der Waals surface area contributed by atoms with Crippen molar-refractivity contribution in [3.8, 4) is 11.1 Å². The van der Waals surface area contributed by atoms with Gasteiger partial charge in [0.1, 0.15) is 0 Å². The summed E-state index contributed by atoms with van der Waals surface area (Å²) >= 11 is 0. The van der Waals surface area contributed by atoms with Crippen LogP contribution in [0.15, 0.2) is 79.0 Å². The molecule has 0 unspecified atom stereocenters. The number of aldehydes is 1. The van der Waals surface area contributed by atoms with Gasteiger partial charge in [-0.2, -0.15) is 0 Å². The quantitative estimate of drug-likeness (QED) is 0.367. The number of carbonyl (C=O) groups is 2. The third kappa shape index (κ3) is 3.08. The Morgan fingerprint density at radius 1 is 0.926 bits per heavy atom. The van der Waals surface area contributed by atoms with Crippen molar-refractivity contribution in [2.45, 2.75) is 13.3 Å². The number of rotatable bonds is 5. The van der Waals surface area contributed by atoms with Gasteiger partial charge in [-0.3, -0.25) is 9.59 Å². The van der Waals surface area contributed by atoms with Gasteiger partial charge in [0.05, 0.1) is 11.9 Å². The van der Waals surface area contributed by atoms with Gasteiger partial charge in [0.15, 0.2) is 12.1 Å². The van der Waals surface area contributed by atoms with Crippen molar-refractivity contribution in [2.75, 3.05) is 0 Å². The third-order valence-corrected chi connectivity index (χ3v) is 4.87. The fraction of sp³-hybridized carbons (Fsp3) is 0.0833. The van der Waals surface area contributed by atoms with E-state index in [9.17, 15) is 9.59 Å². The number of hydrogen-bond donors (Lipinski definition) is 0. The first-order valence-electron chi connectivity index (χ1n) is 8.91. The van der Waals surface area contributed by atoms with Crippen LogP contribution < -0.4 is 0 Å². The zero-order valence-corrected chi connectivity index (χ0v) is 15.1. The highest BCUT2D eigenvalue weighted by Gasteiger charge is 2.21. The Morgan fingerprint density at radius 3 is 2.33 bits per heavy atom. The van der Waals surface area contributed by atoms with E-state index in [1.807, 2.05) is 90.3 Å². The number of fused-ring (bicyclic) bond motifs is 1. The Hall–Kier alpha value is -3.46. The zero-order chi connectivity index (χ0) is 18.8. The molecule has 0 bridgehead atoms. The minimum absolute atomic E-state index is 0.0351. The average Bonchev–Trinajstić information content (AvgIpc) is 3.02. The van der Waals surface area contributed by atoms with Gasteiger partial charge >= 0.3 is 0 Å². The highest BCUT2D eigenvalue weighted by Crippen LogP contribution is 2.33. The monoisotopic (exact) mass is 353 g/mol. The largest absolute Gasteiger partial charge is 0.319 e. The second-order valence-corrected chi connectivity index (χ2v) is 6.64. The van der Waals surface area contributed by atoms with E-state index in [-0.39, 0.29) is 12.2 Å². The van der Waals surface area contributed by atoms with E-state index in [1.54, 1.807) is 0 Å². The van der Waals surface area contributed by atoms with E-state index >= 15 is 0 Å². The van der Waals surface area contributed by atoms with E-state index in [2.05, 4.69) is 0 Å². The molecule has 0 aliphatic heterocycles. The normalized spacial score (nSPS) is 10.9. The lowest BCUT2D eigenvalue weighted by molar-refractivity contribution is 0.0991. The maximum atomic E-state index is 12.9. The number of pyridine rings is 1. The minimum atomic E-state index is 0.0351. The molecule has 0 fully saturated rings. The molecule has 0 aliphatic rings. The van der Waals surface area contributed by atoms with Crippen molar-refractivity contribution >= 4 is 17.6 Å². The Balaban J connectivity index is 1.89. The molecule has 0 amide bonds. The van der Waals surface area contributed by atoms with E-state index in [1.165, 1.54) is 0 Å². The molecule has 2 aromatic heterocycles. The molecule has 2 heterocycles. The molecule has 0 saturated heterocycles. The summed E-state index contributed by atoms with van der Waals surface area (Å²) in [7, 11) is 0. The summed E-state index contributed by atoms with van der Waals surface area (Å²) in [5.41, 5.74) is 5.84. The third-order valence-electron chi connectivity index (χ3n) is 4.87. The number of aromatic nitrogens is 1. The molecule has 4 rings (SSSR count). The van der Waals surface area contributed by atoms with E-state index in [0.717, 1.165) is 34.2 Å². The number of aryl methyl sites for hydroxylation is 1. The highest BCUT2D eigenvalue weighted by molar-refractivity contribution is 6.02. The van der Waals surface area contributed by atoms with Crippen LogP contribution in [-0.4, -0.2) is 16.5 Å². The van der Waals surface area contributed by atoms with Crippen LogP contribution in [0.2, 0.25) is 0 Å². The molecule has 2 aromatic carbocycles. The topological polar surface area (TPSA) is 38.5 Å². The van der Waals surface area contributed by atoms with Crippen LogP contribution >= 0.6 is 0 Å². The van der Waals surface area contributed by atoms with Crippen molar-refractivity contribution in [3.05, 3.63) is 101 Å². The number of ketones is 1. The Labute approximate surface area is 157 Å². The molecule has 0 radical (unpaired) electrons. The molecule has 3 nitrogen and oxygen atoms in total. The van der Waals surface area contributed by atoms with Gasteiger partial charge in [0.2, 0.25) is 0 Å². The second-order valence-electron chi connectivity index (χ2n) is 6.64. The van der Waals surface area contributed by atoms with Gasteiger partial charge in [0, 0.05) is 28.6 Å². The maximum absolute atomic E-state index is 12.9. The van der Waals surface area contributed by atoms with E-state index in [0.29, 0.717) is 11.1 Å². The van der Waals surface area contributed by atoms with Crippen LogP contribution in [0, 0.1) is 6.92 Å². The van der Waals surface area contributed by atoms with Crippen molar-refractivity contribution in [3.63, 3.8) is 0 Å². The Morgan fingerprint density at radius 2 is 1.63 bits per heavy atom. The Kier molecular flexibility index (Phi) is 4.43. The van der Waals surface area contributed by atoms with Crippen molar-refractivity contribution in [1.29, 1.82) is 0 Å². The SMILES string of the molecule is Cc1ccc(C(=O)Cc2c(-c3ccccc3)c(C=O)c3ccccn23)cc1. The van der Waals surface area contributed by atoms with Crippen LogP contribution in [0.5, 0.6) is 0 Å². The molecule has 0 aliphatic carbocycles. The lowest BCUT2D eigenvalue weighted by atomic mass is 9.97. The first-order valence-corrected chi connectivity index (χ1v) is 8.91. The first-order chi connectivity index (χ1) is 13.2. The molecule has 0 spiro atoms. The van der Waals surface area contributed by atoms with Crippen molar-refractivity contribution < 1.29 is 9.59 Å². The molecule has 0 atom stereocenters. The standard InChI is InChI=1S/C24H19NO2/c1-17-10-12-18(13-11-17)23(27)15-22-24(19-7-3-2-4-8-19)20(16-26)21-9-5-6-14-25(21)22/h2-14,16H,15H2,1H3. The summed E-state index contributed by atoms with van der Waals surface area (Å²) in [4.78, 5) is 24.9. The van der Waals surface area contributed by atoms with Gasteiger partial charge < -0.3 is 4.40 Å². The number of hydrogen-bond acceptors (Lipinski definition) is 2. The van der Waals surface area contributed by atoms with Gasteiger partial charge in [0.25, 0.3) is 0 Å². The summed E-state index contributed by atoms with van der Waals surface area (Å²) in [6.45, 7) is 2.00. The average molecular weight is 353 g/mol.